The number of nitrogens with one attached hydrogen (secondary N) is 1. The Hall–Kier alpha value is -1.77. The Kier molecular flexibility index (Phi) is 5.97. The molecule has 0 radical (unpaired) electrons. The Morgan fingerprint density at radius 1 is 1.28 bits per heavy atom. The quantitative estimate of drug-likeness (QED) is 0.845. The van der Waals surface area contributed by atoms with Crippen molar-refractivity contribution in [2.75, 3.05) is 18.1 Å². The number of alkyl halides is 3. The zero-order chi connectivity index (χ0) is 18.7. The first kappa shape index (κ1) is 19.6. The number of halogens is 3. The molecule has 2 rings (SSSR count). The highest BCUT2D eigenvalue weighted by Crippen LogP contribution is 2.40. The largest absolute Gasteiger partial charge is 0.481 e. The van der Waals surface area contributed by atoms with Gasteiger partial charge in [0.1, 0.15) is 0 Å². The summed E-state index contributed by atoms with van der Waals surface area (Å²) in [5, 5.41) is 0. The summed E-state index contributed by atoms with van der Waals surface area (Å²) in [6.07, 6.45) is 3.02. The van der Waals surface area contributed by atoms with Crippen molar-refractivity contribution in [1.29, 1.82) is 0 Å². The van der Waals surface area contributed by atoms with Gasteiger partial charge in [0.2, 0.25) is 15.9 Å². The highest BCUT2D eigenvalue weighted by atomic mass is 32.2. The molecule has 0 saturated heterocycles. The molecule has 1 heterocycles. The van der Waals surface area contributed by atoms with Gasteiger partial charge in [0, 0.05) is 5.56 Å². The van der Waals surface area contributed by atoms with Crippen LogP contribution in [0.15, 0.2) is 18.3 Å². The highest BCUT2D eigenvalue weighted by molar-refractivity contribution is 7.92. The summed E-state index contributed by atoms with van der Waals surface area (Å²) < 4.78 is 68.2. The van der Waals surface area contributed by atoms with Gasteiger partial charge in [-0.25, -0.2) is 13.4 Å². The standard InChI is InChI=1S/C16H21F3N2O3S/c1-24-15-12(9-14(10-20-15)21-25(2,22)23)6-3-11-4-7-13(8-5-11)16(17,18)19/h3,6,9-11,13,21H,4-5,7-8H2,1-2H3/b6-3+. The first-order valence-corrected chi connectivity index (χ1v) is 9.74. The lowest BCUT2D eigenvalue weighted by atomic mass is 9.81. The molecule has 25 heavy (non-hydrogen) atoms. The lowest BCUT2D eigenvalue weighted by Crippen LogP contribution is -2.27. The van der Waals surface area contributed by atoms with Gasteiger partial charge >= 0.3 is 6.18 Å². The molecule has 0 bridgehead atoms. The molecule has 0 atom stereocenters. The van der Waals surface area contributed by atoms with Crippen molar-refractivity contribution in [3.05, 3.63) is 23.9 Å². The maximum Gasteiger partial charge on any atom is 0.391 e. The molecule has 1 aromatic rings. The lowest BCUT2D eigenvalue weighted by molar-refractivity contribution is -0.183. The minimum Gasteiger partial charge on any atom is -0.481 e. The maximum absolute atomic E-state index is 12.7. The van der Waals surface area contributed by atoms with E-state index in [1.165, 1.54) is 13.3 Å². The van der Waals surface area contributed by atoms with Crippen LogP contribution in [0.3, 0.4) is 0 Å². The van der Waals surface area contributed by atoms with E-state index in [4.69, 9.17) is 4.74 Å². The number of anilines is 1. The van der Waals surface area contributed by atoms with E-state index in [-0.39, 0.29) is 18.8 Å². The molecule has 1 aromatic heterocycles. The van der Waals surface area contributed by atoms with Crippen LogP contribution in [0.25, 0.3) is 6.08 Å². The number of allylic oxidation sites excluding steroid dienone is 1. The van der Waals surface area contributed by atoms with Gasteiger partial charge in [-0.05, 0) is 37.7 Å². The van der Waals surface area contributed by atoms with Crippen molar-refractivity contribution in [2.45, 2.75) is 31.9 Å². The van der Waals surface area contributed by atoms with Gasteiger partial charge in [-0.15, -0.1) is 0 Å². The van der Waals surface area contributed by atoms with Crippen LogP contribution < -0.4 is 9.46 Å². The molecule has 9 heteroatoms. The monoisotopic (exact) mass is 378 g/mol. The number of sulfonamides is 1. The molecular weight excluding hydrogens is 357 g/mol. The summed E-state index contributed by atoms with van der Waals surface area (Å²) in [6, 6.07) is 1.57. The fourth-order valence-electron chi connectivity index (χ4n) is 2.91. The molecule has 1 N–H and O–H groups in total. The molecule has 0 unspecified atom stereocenters. The Balaban J connectivity index is 2.08. The molecule has 1 fully saturated rings. The summed E-state index contributed by atoms with van der Waals surface area (Å²) in [6.45, 7) is 0. The van der Waals surface area contributed by atoms with Gasteiger partial charge < -0.3 is 4.74 Å². The Labute approximate surface area is 145 Å². The number of aromatic nitrogens is 1. The first-order valence-electron chi connectivity index (χ1n) is 7.85. The van der Waals surface area contributed by atoms with E-state index >= 15 is 0 Å². The van der Waals surface area contributed by atoms with Crippen LogP contribution in [0.2, 0.25) is 0 Å². The number of rotatable bonds is 5. The molecule has 5 nitrogen and oxygen atoms in total. The summed E-state index contributed by atoms with van der Waals surface area (Å²) in [7, 11) is -1.99. The van der Waals surface area contributed by atoms with E-state index in [1.54, 1.807) is 12.1 Å². The average molecular weight is 378 g/mol. The molecular formula is C16H21F3N2O3S. The van der Waals surface area contributed by atoms with E-state index in [1.807, 2.05) is 6.08 Å². The molecule has 0 aliphatic heterocycles. The van der Waals surface area contributed by atoms with E-state index in [2.05, 4.69) is 9.71 Å². The number of hydrogen-bond donors (Lipinski definition) is 1. The molecule has 0 spiro atoms. The summed E-state index contributed by atoms with van der Waals surface area (Å²) in [5.74, 6) is -0.843. The van der Waals surface area contributed by atoms with Crippen molar-refractivity contribution in [2.24, 2.45) is 11.8 Å². The molecule has 1 aliphatic rings. The third-order valence-electron chi connectivity index (χ3n) is 4.16. The normalized spacial score (nSPS) is 22.1. The predicted molar refractivity (Wildman–Crippen MR) is 89.8 cm³/mol. The summed E-state index contributed by atoms with van der Waals surface area (Å²) in [4.78, 5) is 4.04. The van der Waals surface area contributed by atoms with Gasteiger partial charge in [-0.1, -0.05) is 12.2 Å². The van der Waals surface area contributed by atoms with Crippen LogP contribution in [0.4, 0.5) is 18.9 Å². The van der Waals surface area contributed by atoms with Gasteiger partial charge in [-0.3, -0.25) is 4.72 Å². The molecule has 0 amide bonds. The second-order valence-corrected chi connectivity index (χ2v) is 7.96. The number of hydrogen-bond acceptors (Lipinski definition) is 4. The lowest BCUT2D eigenvalue weighted by Gasteiger charge is -2.28. The Bertz CT molecular complexity index is 725. The molecule has 140 valence electrons. The average Bonchev–Trinajstić information content (AvgIpc) is 2.51. The summed E-state index contributed by atoms with van der Waals surface area (Å²) in [5.41, 5.74) is 0.859. The smallest absolute Gasteiger partial charge is 0.391 e. The minimum absolute atomic E-state index is 0.0508. The van der Waals surface area contributed by atoms with Crippen LogP contribution in [-0.4, -0.2) is 32.9 Å². The van der Waals surface area contributed by atoms with Crippen LogP contribution in [0.1, 0.15) is 31.2 Å². The molecule has 1 aliphatic carbocycles. The fourth-order valence-corrected chi connectivity index (χ4v) is 3.45. The van der Waals surface area contributed by atoms with Crippen LogP contribution >= 0.6 is 0 Å². The van der Waals surface area contributed by atoms with E-state index < -0.39 is 22.1 Å². The van der Waals surface area contributed by atoms with Crippen LogP contribution in [0, 0.1) is 11.8 Å². The van der Waals surface area contributed by atoms with Crippen molar-refractivity contribution in [3.63, 3.8) is 0 Å². The second-order valence-electron chi connectivity index (χ2n) is 6.21. The highest BCUT2D eigenvalue weighted by Gasteiger charge is 2.40. The predicted octanol–water partition coefficient (Wildman–Crippen LogP) is 3.84. The number of methoxy groups -OCH3 is 1. The first-order chi connectivity index (χ1) is 11.6. The third kappa shape index (κ3) is 5.91. The number of ether oxygens (including phenoxy) is 1. The van der Waals surface area contributed by atoms with Gasteiger partial charge in [-0.2, -0.15) is 13.2 Å². The third-order valence-corrected chi connectivity index (χ3v) is 4.76. The molecule has 0 aromatic carbocycles. The number of pyridine rings is 1. The van der Waals surface area contributed by atoms with Crippen LogP contribution in [-0.2, 0) is 10.0 Å². The van der Waals surface area contributed by atoms with Gasteiger partial charge in [0.05, 0.1) is 31.2 Å². The Morgan fingerprint density at radius 2 is 1.92 bits per heavy atom. The van der Waals surface area contributed by atoms with E-state index in [0.717, 1.165) is 6.26 Å². The minimum atomic E-state index is -4.12. The maximum atomic E-state index is 12.7. The van der Waals surface area contributed by atoms with Gasteiger partial charge in [0.15, 0.2) is 0 Å². The van der Waals surface area contributed by atoms with E-state index in [0.29, 0.717) is 30.0 Å². The van der Waals surface area contributed by atoms with Crippen molar-refractivity contribution in [1.82, 2.24) is 4.98 Å². The number of nitrogens with zero attached hydrogens (tertiary/aromatic N) is 1. The van der Waals surface area contributed by atoms with Crippen molar-refractivity contribution < 1.29 is 26.3 Å². The second kappa shape index (κ2) is 7.63. The fraction of sp³-hybridized carbons (Fsp3) is 0.562. The zero-order valence-corrected chi connectivity index (χ0v) is 14.8. The van der Waals surface area contributed by atoms with Crippen molar-refractivity contribution >= 4 is 21.8 Å². The molecule has 1 saturated carbocycles. The Morgan fingerprint density at radius 3 is 2.44 bits per heavy atom. The zero-order valence-electron chi connectivity index (χ0n) is 14.0. The van der Waals surface area contributed by atoms with Crippen LogP contribution in [0.5, 0.6) is 5.88 Å². The van der Waals surface area contributed by atoms with E-state index in [9.17, 15) is 21.6 Å². The summed E-state index contributed by atoms with van der Waals surface area (Å²) >= 11 is 0. The van der Waals surface area contributed by atoms with Crippen molar-refractivity contribution in [3.8, 4) is 5.88 Å². The topological polar surface area (TPSA) is 68.3 Å². The SMILES string of the molecule is COc1ncc(NS(C)(=O)=O)cc1/C=C/C1CCC(C(F)(F)F)CC1. The van der Waals surface area contributed by atoms with Gasteiger partial charge in [0.25, 0.3) is 0 Å².